The molecule has 0 unspecified atom stereocenters. The van der Waals surface area contributed by atoms with E-state index < -0.39 is 5.97 Å². The summed E-state index contributed by atoms with van der Waals surface area (Å²) in [6.45, 7) is 2.16. The molecule has 0 radical (unpaired) electrons. The van der Waals surface area contributed by atoms with Gasteiger partial charge >= 0.3 is 5.97 Å². The molecule has 2 aromatic carbocycles. The molecule has 0 saturated heterocycles. The molecule has 4 rings (SSSR count). The Labute approximate surface area is 143 Å². The van der Waals surface area contributed by atoms with E-state index in [1.807, 2.05) is 30.3 Å². The van der Waals surface area contributed by atoms with E-state index in [-0.39, 0.29) is 24.7 Å². The second-order valence-corrected chi connectivity index (χ2v) is 5.57. The third kappa shape index (κ3) is 2.55. The summed E-state index contributed by atoms with van der Waals surface area (Å²) in [6, 6.07) is 13.7. The Balaban J connectivity index is 1.98. The molecule has 0 fully saturated rings. The van der Waals surface area contributed by atoms with Crippen molar-refractivity contribution in [2.75, 3.05) is 6.61 Å². The molecule has 1 aromatic heterocycles. The van der Waals surface area contributed by atoms with E-state index in [4.69, 9.17) is 9.47 Å². The fourth-order valence-electron chi connectivity index (χ4n) is 2.95. The number of para-hydroxylation sites is 1. The smallest absolute Gasteiger partial charge is 0.359 e. The minimum absolute atomic E-state index is 0.176. The SMILES string of the molecule is CCOC(=O)c1nn(-c2ccccc2)c2c1COc1ccc(F)cc1-2. The highest BCUT2D eigenvalue weighted by molar-refractivity contribution is 5.92. The summed E-state index contributed by atoms with van der Waals surface area (Å²) in [5, 5.41) is 4.45. The van der Waals surface area contributed by atoms with Crippen molar-refractivity contribution < 1.29 is 18.7 Å². The molecule has 0 saturated carbocycles. The number of hydrogen-bond acceptors (Lipinski definition) is 4. The number of rotatable bonds is 3. The van der Waals surface area contributed by atoms with Crippen molar-refractivity contribution in [1.29, 1.82) is 0 Å². The standard InChI is InChI=1S/C19H15FN2O3/c1-2-24-19(23)17-15-11-25-16-9-8-12(20)10-14(16)18(15)22(21-17)13-6-4-3-5-7-13/h3-10H,2,11H2,1H3. The first kappa shape index (κ1) is 15.4. The zero-order valence-corrected chi connectivity index (χ0v) is 13.5. The third-order valence-corrected chi connectivity index (χ3v) is 4.02. The van der Waals surface area contributed by atoms with Crippen LogP contribution in [0.4, 0.5) is 4.39 Å². The second kappa shape index (κ2) is 6.05. The Kier molecular flexibility index (Phi) is 3.72. The van der Waals surface area contributed by atoms with Crippen LogP contribution in [0.3, 0.4) is 0 Å². The van der Waals surface area contributed by atoms with Crippen molar-refractivity contribution in [2.45, 2.75) is 13.5 Å². The van der Waals surface area contributed by atoms with Crippen molar-refractivity contribution in [3.63, 3.8) is 0 Å². The number of halogens is 1. The zero-order chi connectivity index (χ0) is 17.4. The van der Waals surface area contributed by atoms with Crippen molar-refractivity contribution in [1.82, 2.24) is 9.78 Å². The Morgan fingerprint density at radius 3 is 2.84 bits per heavy atom. The number of fused-ring (bicyclic) bond motifs is 3. The molecule has 6 heteroatoms. The van der Waals surface area contributed by atoms with Crippen molar-refractivity contribution in [3.8, 4) is 22.7 Å². The lowest BCUT2D eigenvalue weighted by Crippen LogP contribution is -2.12. The van der Waals surface area contributed by atoms with Crippen LogP contribution in [0.2, 0.25) is 0 Å². The molecule has 0 atom stereocenters. The lowest BCUT2D eigenvalue weighted by molar-refractivity contribution is 0.0516. The van der Waals surface area contributed by atoms with Crippen LogP contribution in [0.1, 0.15) is 23.0 Å². The van der Waals surface area contributed by atoms with Crippen LogP contribution in [0.5, 0.6) is 5.75 Å². The minimum Gasteiger partial charge on any atom is -0.488 e. The summed E-state index contributed by atoms with van der Waals surface area (Å²) in [4.78, 5) is 12.3. The monoisotopic (exact) mass is 338 g/mol. The maximum atomic E-state index is 13.8. The van der Waals surface area contributed by atoms with Crippen molar-refractivity contribution in [2.24, 2.45) is 0 Å². The third-order valence-electron chi connectivity index (χ3n) is 4.02. The van der Waals surface area contributed by atoms with Gasteiger partial charge in [-0.2, -0.15) is 5.10 Å². The van der Waals surface area contributed by atoms with Gasteiger partial charge in [0.15, 0.2) is 5.69 Å². The zero-order valence-electron chi connectivity index (χ0n) is 13.5. The molecule has 1 aliphatic heterocycles. The highest BCUT2D eigenvalue weighted by atomic mass is 19.1. The predicted octanol–water partition coefficient (Wildman–Crippen LogP) is 3.75. The van der Waals surface area contributed by atoms with Crippen LogP contribution in [-0.4, -0.2) is 22.4 Å². The second-order valence-electron chi connectivity index (χ2n) is 5.57. The molecule has 126 valence electrons. The van der Waals surface area contributed by atoms with Gasteiger partial charge < -0.3 is 9.47 Å². The van der Waals surface area contributed by atoms with Gasteiger partial charge in [0, 0.05) is 5.56 Å². The van der Waals surface area contributed by atoms with E-state index in [9.17, 15) is 9.18 Å². The molecule has 0 aliphatic carbocycles. The van der Waals surface area contributed by atoms with E-state index in [1.54, 1.807) is 17.7 Å². The molecule has 2 heterocycles. The van der Waals surface area contributed by atoms with Gasteiger partial charge in [0.2, 0.25) is 0 Å². The average molecular weight is 338 g/mol. The van der Waals surface area contributed by atoms with Gasteiger partial charge in [-0.25, -0.2) is 13.9 Å². The van der Waals surface area contributed by atoms with E-state index in [0.717, 1.165) is 5.69 Å². The summed E-state index contributed by atoms with van der Waals surface area (Å²) in [5.74, 6) is -0.341. The number of hydrogen-bond donors (Lipinski definition) is 0. The number of ether oxygens (including phenoxy) is 2. The van der Waals surface area contributed by atoms with Crippen molar-refractivity contribution in [3.05, 3.63) is 65.6 Å². The van der Waals surface area contributed by atoms with Crippen molar-refractivity contribution >= 4 is 5.97 Å². The topological polar surface area (TPSA) is 53.3 Å². The van der Waals surface area contributed by atoms with Crippen LogP contribution in [0, 0.1) is 5.82 Å². The molecule has 25 heavy (non-hydrogen) atoms. The molecule has 0 N–H and O–H groups in total. The summed E-state index contributed by atoms with van der Waals surface area (Å²) in [5.41, 5.74) is 2.77. The Morgan fingerprint density at radius 1 is 1.28 bits per heavy atom. The maximum Gasteiger partial charge on any atom is 0.359 e. The van der Waals surface area contributed by atoms with Gasteiger partial charge in [-0.15, -0.1) is 0 Å². The lowest BCUT2D eigenvalue weighted by Gasteiger charge is -2.19. The number of carbonyl (C=O) groups excluding carboxylic acids is 1. The number of esters is 1. The molecule has 0 amide bonds. The summed E-state index contributed by atoms with van der Waals surface area (Å²) >= 11 is 0. The normalized spacial score (nSPS) is 12.1. The quantitative estimate of drug-likeness (QED) is 0.683. The van der Waals surface area contributed by atoms with Gasteiger partial charge in [-0.3, -0.25) is 0 Å². The average Bonchev–Trinajstić information content (AvgIpc) is 3.03. The molecular formula is C19H15FN2O3. The fraction of sp³-hybridized carbons (Fsp3) is 0.158. The predicted molar refractivity (Wildman–Crippen MR) is 89.2 cm³/mol. The van der Waals surface area contributed by atoms with Gasteiger partial charge in [0.05, 0.1) is 23.6 Å². The summed E-state index contributed by atoms with van der Waals surface area (Å²) < 4.78 is 26.3. The Bertz CT molecular complexity index is 951. The summed E-state index contributed by atoms with van der Waals surface area (Å²) in [7, 11) is 0. The van der Waals surface area contributed by atoms with Gasteiger partial charge in [-0.1, -0.05) is 18.2 Å². The highest BCUT2D eigenvalue weighted by Gasteiger charge is 2.30. The maximum absolute atomic E-state index is 13.8. The minimum atomic E-state index is -0.517. The van der Waals surface area contributed by atoms with Crippen LogP contribution in [0.15, 0.2) is 48.5 Å². The molecular weight excluding hydrogens is 323 g/mol. The largest absolute Gasteiger partial charge is 0.488 e. The first-order chi connectivity index (χ1) is 12.2. The Morgan fingerprint density at radius 2 is 2.08 bits per heavy atom. The number of nitrogens with zero attached hydrogens (tertiary/aromatic N) is 2. The molecule has 5 nitrogen and oxygen atoms in total. The van der Waals surface area contributed by atoms with E-state index in [1.165, 1.54) is 12.1 Å². The fourth-order valence-corrected chi connectivity index (χ4v) is 2.95. The van der Waals surface area contributed by atoms with E-state index >= 15 is 0 Å². The van der Waals surface area contributed by atoms with E-state index in [0.29, 0.717) is 22.6 Å². The lowest BCUT2D eigenvalue weighted by atomic mass is 10.0. The highest BCUT2D eigenvalue weighted by Crippen LogP contribution is 2.40. The molecule has 0 spiro atoms. The molecule has 1 aliphatic rings. The van der Waals surface area contributed by atoms with Crippen LogP contribution in [0.25, 0.3) is 16.9 Å². The van der Waals surface area contributed by atoms with E-state index in [2.05, 4.69) is 5.10 Å². The van der Waals surface area contributed by atoms with Crippen LogP contribution >= 0.6 is 0 Å². The van der Waals surface area contributed by atoms with Gasteiger partial charge in [0.1, 0.15) is 18.2 Å². The molecule has 3 aromatic rings. The summed E-state index contributed by atoms with van der Waals surface area (Å²) in [6.07, 6.45) is 0. The van der Waals surface area contributed by atoms with Gasteiger partial charge in [0.25, 0.3) is 0 Å². The molecule has 0 bridgehead atoms. The number of benzene rings is 2. The number of carbonyl (C=O) groups is 1. The Hall–Kier alpha value is -3.15. The van der Waals surface area contributed by atoms with Crippen LogP contribution in [-0.2, 0) is 11.3 Å². The first-order valence-electron chi connectivity index (χ1n) is 7.96. The number of aromatic nitrogens is 2. The van der Waals surface area contributed by atoms with Gasteiger partial charge in [-0.05, 0) is 37.3 Å². The first-order valence-corrected chi connectivity index (χ1v) is 7.96. The van der Waals surface area contributed by atoms with Crippen LogP contribution < -0.4 is 4.74 Å².